The SMILES string of the molecule is COc1cnc2[nH]ccc2c1I. The maximum atomic E-state index is 5.14. The Balaban J connectivity index is 2.78. The van der Waals surface area contributed by atoms with Crippen molar-refractivity contribution in [3.8, 4) is 5.75 Å². The van der Waals surface area contributed by atoms with Gasteiger partial charge in [-0.2, -0.15) is 0 Å². The van der Waals surface area contributed by atoms with Gasteiger partial charge in [0.25, 0.3) is 0 Å². The van der Waals surface area contributed by atoms with E-state index in [1.54, 1.807) is 13.3 Å². The number of nitrogens with one attached hydrogen (secondary N) is 1. The van der Waals surface area contributed by atoms with E-state index in [-0.39, 0.29) is 0 Å². The topological polar surface area (TPSA) is 37.9 Å². The van der Waals surface area contributed by atoms with Crippen molar-refractivity contribution in [2.24, 2.45) is 0 Å². The predicted octanol–water partition coefficient (Wildman–Crippen LogP) is 2.18. The number of pyridine rings is 1. The van der Waals surface area contributed by atoms with Gasteiger partial charge in [0, 0.05) is 11.6 Å². The molecule has 0 aliphatic heterocycles. The highest BCUT2D eigenvalue weighted by Crippen LogP contribution is 2.26. The van der Waals surface area contributed by atoms with Gasteiger partial charge in [0.15, 0.2) is 5.75 Å². The number of rotatable bonds is 1. The van der Waals surface area contributed by atoms with Crippen LogP contribution in [0.5, 0.6) is 5.75 Å². The molecule has 0 bridgehead atoms. The maximum absolute atomic E-state index is 5.14. The quantitative estimate of drug-likeness (QED) is 0.809. The van der Waals surface area contributed by atoms with Crippen molar-refractivity contribution in [2.45, 2.75) is 0 Å². The van der Waals surface area contributed by atoms with Gasteiger partial charge in [0.2, 0.25) is 0 Å². The van der Waals surface area contributed by atoms with Crippen molar-refractivity contribution < 1.29 is 4.74 Å². The summed E-state index contributed by atoms with van der Waals surface area (Å²) >= 11 is 2.25. The lowest BCUT2D eigenvalue weighted by atomic mass is 10.3. The van der Waals surface area contributed by atoms with Gasteiger partial charge in [-0.25, -0.2) is 4.98 Å². The molecule has 0 spiro atoms. The summed E-state index contributed by atoms with van der Waals surface area (Å²) in [6.45, 7) is 0. The summed E-state index contributed by atoms with van der Waals surface area (Å²) in [7, 11) is 1.65. The molecular formula is C8H7IN2O. The Morgan fingerprint density at radius 3 is 3.17 bits per heavy atom. The first kappa shape index (κ1) is 7.85. The largest absolute Gasteiger partial charge is 0.494 e. The molecule has 3 nitrogen and oxygen atoms in total. The summed E-state index contributed by atoms with van der Waals surface area (Å²) in [5.41, 5.74) is 0.903. The van der Waals surface area contributed by atoms with E-state index in [2.05, 4.69) is 32.6 Å². The first-order chi connectivity index (χ1) is 5.83. The van der Waals surface area contributed by atoms with Crippen molar-refractivity contribution in [2.75, 3.05) is 7.11 Å². The fourth-order valence-electron chi connectivity index (χ4n) is 1.10. The minimum atomic E-state index is 0.822. The molecule has 2 aromatic rings. The van der Waals surface area contributed by atoms with Crippen LogP contribution in [0.4, 0.5) is 0 Å². The van der Waals surface area contributed by atoms with Gasteiger partial charge >= 0.3 is 0 Å². The van der Waals surface area contributed by atoms with E-state index in [1.165, 1.54) is 0 Å². The Hall–Kier alpha value is -0.780. The zero-order valence-corrected chi connectivity index (χ0v) is 8.62. The molecule has 0 atom stereocenters. The molecule has 12 heavy (non-hydrogen) atoms. The standard InChI is InChI=1S/C8H7IN2O/c1-12-6-4-11-8-5(7(6)9)2-3-10-8/h2-4H,1H3,(H,10,11). The normalized spacial score (nSPS) is 10.5. The number of hydrogen-bond donors (Lipinski definition) is 1. The summed E-state index contributed by atoms with van der Waals surface area (Å²) in [5.74, 6) is 0.822. The number of fused-ring (bicyclic) bond motifs is 1. The van der Waals surface area contributed by atoms with Crippen LogP contribution in [0.15, 0.2) is 18.5 Å². The minimum absolute atomic E-state index is 0.822. The molecule has 2 aromatic heterocycles. The van der Waals surface area contributed by atoms with Gasteiger partial charge < -0.3 is 9.72 Å². The molecule has 0 radical (unpaired) electrons. The average molecular weight is 274 g/mol. The summed E-state index contributed by atoms with van der Waals surface area (Å²) in [6, 6.07) is 1.99. The lowest BCUT2D eigenvalue weighted by Gasteiger charge is -2.01. The van der Waals surface area contributed by atoms with Crippen LogP contribution in [0.3, 0.4) is 0 Å². The number of hydrogen-bond acceptors (Lipinski definition) is 2. The zero-order chi connectivity index (χ0) is 8.55. The highest BCUT2D eigenvalue weighted by molar-refractivity contribution is 14.1. The molecule has 0 amide bonds. The van der Waals surface area contributed by atoms with Gasteiger partial charge in [-0.1, -0.05) is 0 Å². The average Bonchev–Trinajstić information content (AvgIpc) is 2.53. The van der Waals surface area contributed by atoms with Gasteiger partial charge in [0.1, 0.15) is 5.65 Å². The summed E-state index contributed by atoms with van der Waals surface area (Å²) in [6.07, 6.45) is 3.60. The number of nitrogens with zero attached hydrogens (tertiary/aromatic N) is 1. The molecule has 2 heterocycles. The Kier molecular flexibility index (Phi) is 1.92. The zero-order valence-electron chi connectivity index (χ0n) is 6.47. The van der Waals surface area contributed by atoms with Gasteiger partial charge in [0.05, 0.1) is 16.9 Å². The summed E-state index contributed by atoms with van der Waals surface area (Å²) in [4.78, 5) is 7.23. The van der Waals surface area contributed by atoms with Crippen LogP contribution in [0.2, 0.25) is 0 Å². The second kappa shape index (κ2) is 2.93. The van der Waals surface area contributed by atoms with E-state index in [0.29, 0.717) is 0 Å². The minimum Gasteiger partial charge on any atom is -0.494 e. The van der Waals surface area contributed by atoms with Gasteiger partial charge in [-0.05, 0) is 28.7 Å². The van der Waals surface area contributed by atoms with E-state index >= 15 is 0 Å². The Morgan fingerprint density at radius 1 is 1.58 bits per heavy atom. The van der Waals surface area contributed by atoms with Crippen LogP contribution in [0.25, 0.3) is 11.0 Å². The lowest BCUT2D eigenvalue weighted by molar-refractivity contribution is 0.411. The first-order valence-electron chi connectivity index (χ1n) is 3.48. The van der Waals surface area contributed by atoms with Gasteiger partial charge in [-0.3, -0.25) is 0 Å². The van der Waals surface area contributed by atoms with Crippen LogP contribution in [0, 0.1) is 3.57 Å². The van der Waals surface area contributed by atoms with E-state index < -0.39 is 0 Å². The second-order valence-electron chi connectivity index (χ2n) is 2.38. The van der Waals surface area contributed by atoms with Crippen LogP contribution in [0.1, 0.15) is 0 Å². The molecule has 2 rings (SSSR count). The van der Waals surface area contributed by atoms with Crippen LogP contribution in [-0.2, 0) is 0 Å². The summed E-state index contributed by atoms with van der Waals surface area (Å²) < 4.78 is 6.24. The summed E-state index contributed by atoms with van der Waals surface area (Å²) in [5, 5.41) is 1.11. The molecule has 1 N–H and O–H groups in total. The number of aromatic amines is 1. The Morgan fingerprint density at radius 2 is 2.42 bits per heavy atom. The predicted molar refractivity (Wildman–Crippen MR) is 55.4 cm³/mol. The fraction of sp³-hybridized carbons (Fsp3) is 0.125. The van der Waals surface area contributed by atoms with Crippen molar-refractivity contribution in [3.63, 3.8) is 0 Å². The van der Waals surface area contributed by atoms with E-state index in [0.717, 1.165) is 20.4 Å². The van der Waals surface area contributed by atoms with Crippen LogP contribution < -0.4 is 4.74 Å². The Labute approximate surface area is 83.3 Å². The van der Waals surface area contributed by atoms with Crippen LogP contribution in [-0.4, -0.2) is 17.1 Å². The molecular weight excluding hydrogens is 267 g/mol. The lowest BCUT2D eigenvalue weighted by Crippen LogP contribution is -1.88. The van der Waals surface area contributed by atoms with E-state index in [4.69, 9.17) is 4.74 Å². The molecule has 0 fully saturated rings. The molecule has 0 saturated carbocycles. The smallest absolute Gasteiger partial charge is 0.151 e. The van der Waals surface area contributed by atoms with Crippen LogP contribution >= 0.6 is 22.6 Å². The maximum Gasteiger partial charge on any atom is 0.151 e. The van der Waals surface area contributed by atoms with Crippen molar-refractivity contribution in [1.29, 1.82) is 0 Å². The molecule has 0 aromatic carbocycles. The molecule has 0 saturated heterocycles. The monoisotopic (exact) mass is 274 g/mol. The molecule has 0 aliphatic carbocycles. The van der Waals surface area contributed by atoms with E-state index in [1.807, 2.05) is 12.3 Å². The third kappa shape index (κ3) is 1.06. The second-order valence-corrected chi connectivity index (χ2v) is 3.46. The fourth-order valence-corrected chi connectivity index (χ4v) is 1.89. The number of halogens is 1. The van der Waals surface area contributed by atoms with Crippen molar-refractivity contribution >= 4 is 33.6 Å². The van der Waals surface area contributed by atoms with Gasteiger partial charge in [-0.15, -0.1) is 0 Å². The van der Waals surface area contributed by atoms with Crippen molar-refractivity contribution in [1.82, 2.24) is 9.97 Å². The number of ether oxygens (including phenoxy) is 1. The van der Waals surface area contributed by atoms with Crippen molar-refractivity contribution in [3.05, 3.63) is 22.0 Å². The first-order valence-corrected chi connectivity index (χ1v) is 4.56. The molecule has 0 aliphatic rings. The molecule has 62 valence electrons. The third-order valence-electron chi connectivity index (χ3n) is 1.71. The molecule has 4 heteroatoms. The number of aromatic nitrogens is 2. The Bertz CT molecular complexity index is 410. The third-order valence-corrected chi connectivity index (χ3v) is 2.82. The highest BCUT2D eigenvalue weighted by Gasteiger charge is 2.05. The molecule has 0 unspecified atom stereocenters. The highest BCUT2D eigenvalue weighted by atomic mass is 127. The number of methoxy groups -OCH3 is 1. The number of H-pyrrole nitrogens is 1. The van der Waals surface area contributed by atoms with E-state index in [9.17, 15) is 0 Å².